The number of hydrogen-bond donors (Lipinski definition) is 0. The minimum atomic E-state index is -0.410. The Kier molecular flexibility index (Phi) is 4.90. The van der Waals surface area contributed by atoms with Crippen molar-refractivity contribution < 1.29 is 9.72 Å². The SMILES string of the molecule is Cc1cc(C(=O)N2CCN(c3ccc([N+](=O)[O-])cc3)CC2)ccc1-n1cnnn1. The Balaban J connectivity index is 1.41. The van der Waals surface area contributed by atoms with Gasteiger partial charge in [0, 0.05) is 49.6 Å². The fourth-order valence-electron chi connectivity index (χ4n) is 3.45. The molecule has 148 valence electrons. The molecule has 2 aromatic carbocycles. The Hall–Kier alpha value is -3.82. The van der Waals surface area contributed by atoms with Crippen LogP contribution in [0.15, 0.2) is 48.8 Å². The van der Waals surface area contributed by atoms with Crippen LogP contribution in [0.2, 0.25) is 0 Å². The Morgan fingerprint density at radius 1 is 1.07 bits per heavy atom. The molecule has 4 rings (SSSR count). The topological polar surface area (TPSA) is 110 Å². The molecule has 29 heavy (non-hydrogen) atoms. The van der Waals surface area contributed by atoms with E-state index in [0.29, 0.717) is 31.7 Å². The van der Waals surface area contributed by atoms with E-state index in [2.05, 4.69) is 20.4 Å². The summed E-state index contributed by atoms with van der Waals surface area (Å²) >= 11 is 0. The molecule has 10 heteroatoms. The zero-order valence-corrected chi connectivity index (χ0v) is 15.8. The first-order valence-corrected chi connectivity index (χ1v) is 9.15. The summed E-state index contributed by atoms with van der Waals surface area (Å²) in [4.78, 5) is 27.2. The Morgan fingerprint density at radius 2 is 1.79 bits per heavy atom. The second-order valence-electron chi connectivity index (χ2n) is 6.81. The lowest BCUT2D eigenvalue weighted by molar-refractivity contribution is -0.384. The molecule has 0 atom stereocenters. The second kappa shape index (κ2) is 7.66. The fraction of sp³-hybridized carbons (Fsp3) is 0.263. The van der Waals surface area contributed by atoms with E-state index in [1.807, 2.05) is 24.0 Å². The Bertz CT molecular complexity index is 1030. The van der Waals surface area contributed by atoms with Gasteiger partial charge in [-0.25, -0.2) is 4.68 Å². The van der Waals surface area contributed by atoms with Gasteiger partial charge in [0.25, 0.3) is 11.6 Å². The number of nitrogens with zero attached hydrogens (tertiary/aromatic N) is 7. The lowest BCUT2D eigenvalue weighted by Crippen LogP contribution is -2.48. The number of tetrazole rings is 1. The highest BCUT2D eigenvalue weighted by Gasteiger charge is 2.23. The summed E-state index contributed by atoms with van der Waals surface area (Å²) in [7, 11) is 0. The van der Waals surface area contributed by atoms with Gasteiger partial charge < -0.3 is 9.80 Å². The summed E-state index contributed by atoms with van der Waals surface area (Å²) in [6.45, 7) is 4.43. The molecule has 1 aliphatic rings. The first-order chi connectivity index (χ1) is 14.0. The van der Waals surface area contributed by atoms with E-state index in [1.54, 1.807) is 22.9 Å². The summed E-state index contributed by atoms with van der Waals surface area (Å²) in [6, 6.07) is 12.0. The third-order valence-corrected chi connectivity index (χ3v) is 5.03. The molecule has 3 aromatic rings. The zero-order valence-electron chi connectivity index (χ0n) is 15.8. The van der Waals surface area contributed by atoms with Gasteiger partial charge in [0.05, 0.1) is 10.6 Å². The van der Waals surface area contributed by atoms with E-state index in [4.69, 9.17) is 0 Å². The Morgan fingerprint density at radius 3 is 2.38 bits per heavy atom. The third kappa shape index (κ3) is 3.77. The maximum atomic E-state index is 12.9. The summed E-state index contributed by atoms with van der Waals surface area (Å²) in [5.41, 5.74) is 3.36. The van der Waals surface area contributed by atoms with Crippen molar-refractivity contribution in [1.29, 1.82) is 0 Å². The smallest absolute Gasteiger partial charge is 0.269 e. The minimum Gasteiger partial charge on any atom is -0.368 e. The van der Waals surface area contributed by atoms with Crippen molar-refractivity contribution in [2.24, 2.45) is 0 Å². The second-order valence-corrected chi connectivity index (χ2v) is 6.81. The van der Waals surface area contributed by atoms with Crippen LogP contribution >= 0.6 is 0 Å². The van der Waals surface area contributed by atoms with Crippen molar-refractivity contribution in [3.05, 3.63) is 70.0 Å². The van der Waals surface area contributed by atoms with Crippen LogP contribution in [0, 0.1) is 17.0 Å². The molecule has 10 nitrogen and oxygen atoms in total. The van der Waals surface area contributed by atoms with Crippen molar-refractivity contribution in [3.8, 4) is 5.69 Å². The molecule has 0 N–H and O–H groups in total. The highest BCUT2D eigenvalue weighted by molar-refractivity contribution is 5.95. The van der Waals surface area contributed by atoms with Gasteiger partial charge in [0.1, 0.15) is 6.33 Å². The average molecular weight is 393 g/mol. The van der Waals surface area contributed by atoms with Gasteiger partial charge >= 0.3 is 0 Å². The van der Waals surface area contributed by atoms with Crippen LogP contribution in [0.1, 0.15) is 15.9 Å². The first-order valence-electron chi connectivity index (χ1n) is 9.15. The van der Waals surface area contributed by atoms with Crippen LogP contribution < -0.4 is 4.90 Å². The number of non-ortho nitro benzene ring substituents is 1. The minimum absolute atomic E-state index is 0.0142. The molecular formula is C19H19N7O3. The van der Waals surface area contributed by atoms with E-state index in [-0.39, 0.29) is 11.6 Å². The first kappa shape index (κ1) is 18.5. The van der Waals surface area contributed by atoms with Crippen LogP contribution in [-0.2, 0) is 0 Å². The highest BCUT2D eigenvalue weighted by Crippen LogP contribution is 2.22. The van der Waals surface area contributed by atoms with Gasteiger partial charge in [0.2, 0.25) is 0 Å². The molecule has 1 aliphatic heterocycles. The molecule has 0 spiro atoms. The lowest BCUT2D eigenvalue weighted by Gasteiger charge is -2.36. The van der Waals surface area contributed by atoms with Crippen molar-refractivity contribution in [3.63, 3.8) is 0 Å². The number of anilines is 1. The standard InChI is InChI=1S/C19H19N7O3/c1-14-12-15(2-7-18(14)25-13-20-21-22-25)19(27)24-10-8-23(9-11-24)16-3-5-17(6-4-16)26(28)29/h2-7,12-13H,8-11H2,1H3. The molecule has 0 saturated carbocycles. The number of nitro benzene ring substituents is 1. The van der Waals surface area contributed by atoms with Crippen LogP contribution in [0.3, 0.4) is 0 Å². The van der Waals surface area contributed by atoms with Gasteiger partial charge in [-0.15, -0.1) is 5.10 Å². The lowest BCUT2D eigenvalue weighted by atomic mass is 10.1. The summed E-state index contributed by atoms with van der Waals surface area (Å²) in [5.74, 6) is -0.0142. The summed E-state index contributed by atoms with van der Waals surface area (Å²) in [6.07, 6.45) is 1.52. The monoisotopic (exact) mass is 393 g/mol. The molecule has 2 heterocycles. The normalized spacial score (nSPS) is 14.1. The largest absolute Gasteiger partial charge is 0.368 e. The number of aryl methyl sites for hydroxylation is 1. The average Bonchev–Trinajstić information content (AvgIpc) is 3.28. The summed E-state index contributed by atoms with van der Waals surface area (Å²) < 4.78 is 1.56. The van der Waals surface area contributed by atoms with Crippen LogP contribution in [0.5, 0.6) is 0 Å². The molecule has 0 radical (unpaired) electrons. The quantitative estimate of drug-likeness (QED) is 0.491. The van der Waals surface area contributed by atoms with Gasteiger partial charge in [-0.1, -0.05) is 0 Å². The van der Waals surface area contributed by atoms with E-state index in [1.165, 1.54) is 18.5 Å². The van der Waals surface area contributed by atoms with Crippen molar-refractivity contribution in [2.45, 2.75) is 6.92 Å². The van der Waals surface area contributed by atoms with Crippen molar-refractivity contribution >= 4 is 17.3 Å². The Labute approximate surface area is 166 Å². The number of nitro groups is 1. The number of piperazine rings is 1. The molecule has 1 saturated heterocycles. The van der Waals surface area contributed by atoms with Crippen molar-refractivity contribution in [2.75, 3.05) is 31.1 Å². The molecule has 0 unspecified atom stereocenters. The summed E-state index contributed by atoms with van der Waals surface area (Å²) in [5, 5.41) is 21.9. The zero-order chi connectivity index (χ0) is 20.4. The number of benzene rings is 2. The number of amides is 1. The van der Waals surface area contributed by atoms with Crippen LogP contribution in [-0.4, -0.2) is 62.1 Å². The maximum absolute atomic E-state index is 12.9. The fourth-order valence-corrected chi connectivity index (χ4v) is 3.45. The molecule has 1 fully saturated rings. The van der Waals surface area contributed by atoms with Gasteiger partial charge in [-0.05, 0) is 53.2 Å². The predicted molar refractivity (Wildman–Crippen MR) is 105 cm³/mol. The number of rotatable bonds is 4. The highest BCUT2D eigenvalue weighted by atomic mass is 16.6. The third-order valence-electron chi connectivity index (χ3n) is 5.03. The number of hydrogen-bond acceptors (Lipinski definition) is 7. The van der Waals surface area contributed by atoms with Gasteiger partial charge in [-0.2, -0.15) is 0 Å². The van der Waals surface area contributed by atoms with E-state index in [9.17, 15) is 14.9 Å². The predicted octanol–water partition coefficient (Wildman–Crippen LogP) is 1.84. The van der Waals surface area contributed by atoms with E-state index in [0.717, 1.165) is 16.9 Å². The molecule has 0 aliphatic carbocycles. The molecule has 1 aromatic heterocycles. The van der Waals surface area contributed by atoms with E-state index < -0.39 is 4.92 Å². The van der Waals surface area contributed by atoms with Gasteiger partial charge in [-0.3, -0.25) is 14.9 Å². The molecular weight excluding hydrogens is 374 g/mol. The van der Waals surface area contributed by atoms with Crippen LogP contribution in [0.4, 0.5) is 11.4 Å². The van der Waals surface area contributed by atoms with Crippen LogP contribution in [0.25, 0.3) is 5.69 Å². The maximum Gasteiger partial charge on any atom is 0.269 e. The number of carbonyl (C=O) groups is 1. The van der Waals surface area contributed by atoms with Gasteiger partial charge in [0.15, 0.2) is 0 Å². The van der Waals surface area contributed by atoms with Crippen molar-refractivity contribution in [1.82, 2.24) is 25.1 Å². The number of aromatic nitrogens is 4. The molecule has 0 bridgehead atoms. The molecule has 1 amide bonds. The number of carbonyl (C=O) groups excluding carboxylic acids is 1. The van der Waals surface area contributed by atoms with E-state index >= 15 is 0 Å².